The molecule has 1 aromatic carbocycles. The molecule has 1 amide bonds. The SMILES string of the molecule is CC1(C)CCC(O)(CNC(=O)c2cccc(Cl)c2F)CC1. The molecule has 1 aromatic rings. The van der Waals surface area contributed by atoms with Gasteiger partial charge in [0.2, 0.25) is 0 Å². The average molecular weight is 314 g/mol. The van der Waals surface area contributed by atoms with Crippen LogP contribution in [0.4, 0.5) is 4.39 Å². The van der Waals surface area contributed by atoms with Crippen LogP contribution in [0, 0.1) is 11.2 Å². The third-order valence-corrected chi connectivity index (χ3v) is 4.60. The lowest BCUT2D eigenvalue weighted by Crippen LogP contribution is -2.46. The van der Waals surface area contributed by atoms with Crippen LogP contribution in [-0.2, 0) is 0 Å². The number of rotatable bonds is 3. The summed E-state index contributed by atoms with van der Waals surface area (Å²) in [5, 5.41) is 13.0. The summed E-state index contributed by atoms with van der Waals surface area (Å²) in [6.07, 6.45) is 3.09. The van der Waals surface area contributed by atoms with Gasteiger partial charge in [-0.1, -0.05) is 31.5 Å². The van der Waals surface area contributed by atoms with Gasteiger partial charge < -0.3 is 10.4 Å². The largest absolute Gasteiger partial charge is 0.388 e. The van der Waals surface area contributed by atoms with Crippen LogP contribution in [0.15, 0.2) is 18.2 Å². The molecule has 1 aliphatic carbocycles. The maximum Gasteiger partial charge on any atom is 0.254 e. The van der Waals surface area contributed by atoms with Crippen LogP contribution in [0.5, 0.6) is 0 Å². The number of benzene rings is 1. The van der Waals surface area contributed by atoms with Gasteiger partial charge in [-0.3, -0.25) is 4.79 Å². The third kappa shape index (κ3) is 3.95. The van der Waals surface area contributed by atoms with Crippen molar-refractivity contribution in [3.8, 4) is 0 Å². The first-order chi connectivity index (χ1) is 9.72. The molecule has 1 saturated carbocycles. The summed E-state index contributed by atoms with van der Waals surface area (Å²) in [6, 6.07) is 4.30. The summed E-state index contributed by atoms with van der Waals surface area (Å²) in [7, 11) is 0. The lowest BCUT2D eigenvalue weighted by Gasteiger charge is -2.40. The number of hydrogen-bond donors (Lipinski definition) is 2. The first kappa shape index (κ1) is 16.2. The molecule has 1 aliphatic rings. The smallest absolute Gasteiger partial charge is 0.254 e. The van der Waals surface area contributed by atoms with Gasteiger partial charge in [0.25, 0.3) is 5.91 Å². The van der Waals surface area contributed by atoms with Crippen LogP contribution >= 0.6 is 11.6 Å². The molecule has 0 aromatic heterocycles. The number of hydrogen-bond acceptors (Lipinski definition) is 2. The van der Waals surface area contributed by atoms with E-state index in [1.54, 1.807) is 0 Å². The zero-order valence-electron chi connectivity index (χ0n) is 12.4. The molecule has 2 rings (SSSR count). The van der Waals surface area contributed by atoms with Crippen molar-refractivity contribution in [1.29, 1.82) is 0 Å². The Kier molecular flexibility index (Phi) is 4.59. The second-order valence-corrected chi connectivity index (χ2v) is 7.08. The van der Waals surface area contributed by atoms with Gasteiger partial charge in [-0.2, -0.15) is 0 Å². The van der Waals surface area contributed by atoms with E-state index in [1.807, 2.05) is 0 Å². The molecule has 0 heterocycles. The Bertz CT molecular complexity index is 535. The van der Waals surface area contributed by atoms with Crippen LogP contribution in [-0.4, -0.2) is 23.2 Å². The van der Waals surface area contributed by atoms with E-state index in [4.69, 9.17) is 11.6 Å². The normalized spacial score (nSPS) is 20.0. The molecule has 1 fully saturated rings. The Balaban J connectivity index is 1.97. The zero-order valence-corrected chi connectivity index (χ0v) is 13.1. The van der Waals surface area contributed by atoms with Crippen molar-refractivity contribution < 1.29 is 14.3 Å². The molecule has 116 valence electrons. The lowest BCUT2D eigenvalue weighted by atomic mass is 9.71. The Hall–Kier alpha value is -1.13. The Morgan fingerprint density at radius 2 is 1.95 bits per heavy atom. The fraction of sp³-hybridized carbons (Fsp3) is 0.562. The highest BCUT2D eigenvalue weighted by atomic mass is 35.5. The number of nitrogens with one attached hydrogen (secondary N) is 1. The van der Waals surface area contributed by atoms with E-state index in [-0.39, 0.29) is 22.5 Å². The Morgan fingerprint density at radius 1 is 1.33 bits per heavy atom. The van der Waals surface area contributed by atoms with Crippen LogP contribution in [0.3, 0.4) is 0 Å². The van der Waals surface area contributed by atoms with Gasteiger partial charge in [-0.05, 0) is 43.2 Å². The van der Waals surface area contributed by atoms with Gasteiger partial charge in [0.1, 0.15) is 0 Å². The molecule has 5 heteroatoms. The van der Waals surface area contributed by atoms with E-state index < -0.39 is 17.3 Å². The molecule has 3 nitrogen and oxygen atoms in total. The van der Waals surface area contributed by atoms with Crippen molar-refractivity contribution in [1.82, 2.24) is 5.32 Å². The van der Waals surface area contributed by atoms with Crippen LogP contribution < -0.4 is 5.32 Å². The van der Waals surface area contributed by atoms with Crippen LogP contribution in [0.2, 0.25) is 5.02 Å². The number of aliphatic hydroxyl groups is 1. The van der Waals surface area contributed by atoms with Gasteiger partial charge in [0.15, 0.2) is 5.82 Å². The minimum absolute atomic E-state index is 0.0826. The number of carbonyl (C=O) groups excluding carboxylic acids is 1. The van der Waals surface area contributed by atoms with E-state index in [1.165, 1.54) is 18.2 Å². The Labute approximate surface area is 129 Å². The topological polar surface area (TPSA) is 49.3 Å². The van der Waals surface area contributed by atoms with Crippen LogP contribution in [0.25, 0.3) is 0 Å². The quantitative estimate of drug-likeness (QED) is 0.896. The van der Waals surface area contributed by atoms with Gasteiger partial charge in [0.05, 0.1) is 16.2 Å². The monoisotopic (exact) mass is 313 g/mol. The standard InChI is InChI=1S/C16H21ClFNO2/c1-15(2)6-8-16(21,9-7-15)10-19-14(20)11-4-3-5-12(17)13(11)18/h3-5,21H,6-10H2,1-2H3,(H,19,20). The molecule has 0 radical (unpaired) electrons. The molecule has 0 saturated heterocycles. The van der Waals surface area contributed by atoms with Crippen molar-refractivity contribution in [2.75, 3.05) is 6.54 Å². The highest BCUT2D eigenvalue weighted by Crippen LogP contribution is 2.39. The number of amides is 1. The summed E-state index contributed by atoms with van der Waals surface area (Å²) in [6.45, 7) is 4.48. The first-order valence-corrected chi connectivity index (χ1v) is 7.55. The van der Waals surface area contributed by atoms with Gasteiger partial charge in [0, 0.05) is 6.54 Å². The predicted octanol–water partition coefficient (Wildman–Crippen LogP) is 3.54. The van der Waals surface area contributed by atoms with E-state index in [0.717, 1.165) is 12.8 Å². The molecule has 0 unspecified atom stereocenters. The maximum absolute atomic E-state index is 13.8. The molecule has 0 spiro atoms. The fourth-order valence-corrected chi connectivity index (χ4v) is 2.76. The second kappa shape index (κ2) is 5.93. The zero-order chi connectivity index (χ0) is 15.7. The van der Waals surface area contributed by atoms with Crippen molar-refractivity contribution >= 4 is 17.5 Å². The Morgan fingerprint density at radius 3 is 2.57 bits per heavy atom. The highest BCUT2D eigenvalue weighted by molar-refractivity contribution is 6.31. The second-order valence-electron chi connectivity index (χ2n) is 6.67. The fourth-order valence-electron chi connectivity index (χ4n) is 2.59. The molecule has 0 aliphatic heterocycles. The van der Waals surface area contributed by atoms with E-state index >= 15 is 0 Å². The highest BCUT2D eigenvalue weighted by Gasteiger charge is 2.36. The summed E-state index contributed by atoms with van der Waals surface area (Å²) >= 11 is 5.66. The van der Waals surface area contributed by atoms with Crippen molar-refractivity contribution in [2.24, 2.45) is 5.41 Å². The minimum Gasteiger partial charge on any atom is -0.388 e. The van der Waals surface area contributed by atoms with Crippen molar-refractivity contribution in [3.05, 3.63) is 34.6 Å². The maximum atomic E-state index is 13.8. The summed E-state index contributed by atoms with van der Waals surface area (Å²) in [5.41, 5.74) is -0.766. The summed E-state index contributed by atoms with van der Waals surface area (Å²) in [4.78, 5) is 12.0. The summed E-state index contributed by atoms with van der Waals surface area (Å²) < 4.78 is 13.8. The first-order valence-electron chi connectivity index (χ1n) is 7.17. The van der Waals surface area contributed by atoms with E-state index in [9.17, 15) is 14.3 Å². The molecular weight excluding hydrogens is 293 g/mol. The van der Waals surface area contributed by atoms with Gasteiger partial charge >= 0.3 is 0 Å². The number of halogens is 2. The third-order valence-electron chi connectivity index (χ3n) is 4.31. The summed E-state index contributed by atoms with van der Waals surface area (Å²) in [5.74, 6) is -1.28. The molecular formula is C16H21ClFNO2. The lowest BCUT2D eigenvalue weighted by molar-refractivity contribution is -0.0233. The van der Waals surface area contributed by atoms with E-state index in [0.29, 0.717) is 12.8 Å². The molecule has 21 heavy (non-hydrogen) atoms. The minimum atomic E-state index is -0.903. The molecule has 0 bridgehead atoms. The molecule has 0 atom stereocenters. The van der Waals surface area contributed by atoms with E-state index in [2.05, 4.69) is 19.2 Å². The van der Waals surface area contributed by atoms with Gasteiger partial charge in [-0.25, -0.2) is 4.39 Å². The number of carbonyl (C=O) groups is 1. The molecule has 2 N–H and O–H groups in total. The van der Waals surface area contributed by atoms with Crippen LogP contribution in [0.1, 0.15) is 49.9 Å². The average Bonchev–Trinajstić information content (AvgIpc) is 2.43. The van der Waals surface area contributed by atoms with Crippen molar-refractivity contribution in [3.63, 3.8) is 0 Å². The van der Waals surface area contributed by atoms with Crippen molar-refractivity contribution in [2.45, 2.75) is 45.1 Å². The predicted molar refractivity (Wildman–Crippen MR) is 80.9 cm³/mol. The van der Waals surface area contributed by atoms with Gasteiger partial charge in [-0.15, -0.1) is 0 Å².